The van der Waals surface area contributed by atoms with Gasteiger partial charge in [0.1, 0.15) is 5.75 Å². The molecule has 0 N–H and O–H groups in total. The molecule has 0 spiro atoms. The maximum Gasteiger partial charge on any atom is 0.273 e. The highest BCUT2D eigenvalue weighted by atomic mass is 16.5. The molecular weight excluding hydrogens is 340 g/mol. The van der Waals surface area contributed by atoms with Gasteiger partial charge in [-0.15, -0.1) is 0 Å². The van der Waals surface area contributed by atoms with Gasteiger partial charge in [-0.05, 0) is 35.4 Å². The van der Waals surface area contributed by atoms with Gasteiger partial charge in [0.05, 0.1) is 19.3 Å². The molecule has 134 valence electrons. The minimum absolute atomic E-state index is 0.126. The van der Waals surface area contributed by atoms with Crippen LogP contribution in [0.1, 0.15) is 16.8 Å². The van der Waals surface area contributed by atoms with Crippen LogP contribution in [-0.4, -0.2) is 26.3 Å². The molecule has 6 nitrogen and oxygen atoms in total. The number of fused-ring (bicyclic) bond motifs is 1. The lowest BCUT2D eigenvalue weighted by atomic mass is 10.2. The van der Waals surface area contributed by atoms with E-state index in [0.717, 1.165) is 16.9 Å². The summed E-state index contributed by atoms with van der Waals surface area (Å²) in [6.45, 7) is 0.549. The van der Waals surface area contributed by atoms with Gasteiger partial charge in [-0.3, -0.25) is 14.5 Å². The highest BCUT2D eigenvalue weighted by Crippen LogP contribution is 2.14. The van der Waals surface area contributed by atoms with E-state index in [1.807, 2.05) is 65.5 Å². The average Bonchev–Trinajstić information content (AvgIpc) is 3.10. The van der Waals surface area contributed by atoms with Crippen molar-refractivity contribution in [1.82, 2.24) is 19.2 Å². The van der Waals surface area contributed by atoms with Gasteiger partial charge in [0.2, 0.25) is 0 Å². The largest absolute Gasteiger partial charge is 0.497 e. The Kier molecular flexibility index (Phi) is 4.53. The molecule has 0 aliphatic heterocycles. The zero-order chi connectivity index (χ0) is 18.6. The van der Waals surface area contributed by atoms with Crippen LogP contribution >= 0.6 is 0 Å². The first-order valence-corrected chi connectivity index (χ1v) is 8.53. The fourth-order valence-electron chi connectivity index (χ4n) is 2.92. The number of hydrogen-bond donors (Lipinski definition) is 0. The van der Waals surface area contributed by atoms with Gasteiger partial charge in [-0.1, -0.05) is 24.3 Å². The molecule has 0 aliphatic carbocycles. The van der Waals surface area contributed by atoms with Crippen LogP contribution in [0, 0.1) is 0 Å². The summed E-state index contributed by atoms with van der Waals surface area (Å²) in [5.41, 5.74) is 3.09. The highest BCUT2D eigenvalue weighted by Gasteiger charge is 2.07. The standard InChI is InChI=1S/C21H18N4O2/c1-27-19-6-2-4-17(12-19)15-24-11-9-20-23-18(13-21(26)25(20)24)8-7-16-5-3-10-22-14-16/h2-14H,15H2,1H3. The molecule has 0 saturated heterocycles. The fraction of sp³-hybridized carbons (Fsp3) is 0.0952. The van der Waals surface area contributed by atoms with Crippen LogP contribution in [0.15, 0.2) is 71.9 Å². The molecule has 0 radical (unpaired) electrons. The molecule has 27 heavy (non-hydrogen) atoms. The van der Waals surface area contributed by atoms with Crippen molar-refractivity contribution < 1.29 is 4.74 Å². The zero-order valence-corrected chi connectivity index (χ0v) is 14.8. The normalized spacial score (nSPS) is 11.3. The molecule has 0 aliphatic rings. The first kappa shape index (κ1) is 16.8. The van der Waals surface area contributed by atoms with E-state index in [4.69, 9.17) is 4.74 Å². The molecule has 4 rings (SSSR count). The number of rotatable bonds is 5. The second-order valence-electron chi connectivity index (χ2n) is 6.07. The molecule has 0 saturated carbocycles. The van der Waals surface area contributed by atoms with Crippen LogP contribution in [0.5, 0.6) is 5.75 Å². The van der Waals surface area contributed by atoms with Crippen LogP contribution in [0.25, 0.3) is 17.8 Å². The van der Waals surface area contributed by atoms with Crippen LogP contribution in [-0.2, 0) is 6.54 Å². The van der Waals surface area contributed by atoms with E-state index >= 15 is 0 Å². The second kappa shape index (κ2) is 7.29. The lowest BCUT2D eigenvalue weighted by Crippen LogP contribution is -2.21. The zero-order valence-electron chi connectivity index (χ0n) is 14.8. The Hall–Kier alpha value is -3.67. The van der Waals surface area contributed by atoms with E-state index in [0.29, 0.717) is 17.9 Å². The number of hydrogen-bond acceptors (Lipinski definition) is 4. The topological polar surface area (TPSA) is 61.4 Å². The SMILES string of the molecule is COc1cccc(Cn2ccc3nc(C=Cc4cccnc4)cc(=O)n32)c1. The summed E-state index contributed by atoms with van der Waals surface area (Å²) in [6.07, 6.45) is 9.04. The predicted octanol–water partition coefficient (Wildman–Crippen LogP) is 3.12. The molecule has 3 aromatic heterocycles. The summed E-state index contributed by atoms with van der Waals surface area (Å²) in [7, 11) is 1.64. The molecule has 4 aromatic rings. The van der Waals surface area contributed by atoms with Crippen LogP contribution < -0.4 is 10.3 Å². The van der Waals surface area contributed by atoms with Gasteiger partial charge in [-0.25, -0.2) is 4.98 Å². The summed E-state index contributed by atoms with van der Waals surface area (Å²) >= 11 is 0. The Labute approximate surface area is 156 Å². The molecule has 3 heterocycles. The van der Waals surface area contributed by atoms with E-state index in [9.17, 15) is 4.79 Å². The van der Waals surface area contributed by atoms with Gasteiger partial charge in [0, 0.05) is 30.7 Å². The van der Waals surface area contributed by atoms with Crippen molar-refractivity contribution in [2.24, 2.45) is 0 Å². The monoisotopic (exact) mass is 358 g/mol. The third kappa shape index (κ3) is 3.64. The smallest absolute Gasteiger partial charge is 0.273 e. The molecule has 1 aromatic carbocycles. The Morgan fingerprint density at radius 3 is 2.85 bits per heavy atom. The van der Waals surface area contributed by atoms with Gasteiger partial charge < -0.3 is 4.74 Å². The van der Waals surface area contributed by atoms with E-state index < -0.39 is 0 Å². The lowest BCUT2D eigenvalue weighted by molar-refractivity contribution is 0.414. The number of ether oxygens (including phenoxy) is 1. The summed E-state index contributed by atoms with van der Waals surface area (Å²) in [5.74, 6) is 0.789. The van der Waals surface area contributed by atoms with Gasteiger partial charge >= 0.3 is 0 Å². The molecular formula is C21H18N4O2. The molecule has 0 amide bonds. The number of methoxy groups -OCH3 is 1. The number of nitrogens with zero attached hydrogens (tertiary/aromatic N) is 4. The number of pyridine rings is 1. The van der Waals surface area contributed by atoms with Gasteiger partial charge in [0.25, 0.3) is 5.56 Å². The maximum absolute atomic E-state index is 12.6. The predicted molar refractivity (Wildman–Crippen MR) is 105 cm³/mol. The summed E-state index contributed by atoms with van der Waals surface area (Å²) in [4.78, 5) is 21.3. The van der Waals surface area contributed by atoms with Crippen molar-refractivity contribution >= 4 is 17.8 Å². The van der Waals surface area contributed by atoms with Gasteiger partial charge in [0.15, 0.2) is 5.65 Å². The number of benzene rings is 1. The quantitative estimate of drug-likeness (QED) is 0.550. The Morgan fingerprint density at radius 2 is 2.04 bits per heavy atom. The Morgan fingerprint density at radius 1 is 1.11 bits per heavy atom. The van der Waals surface area contributed by atoms with Crippen LogP contribution in [0.2, 0.25) is 0 Å². The maximum atomic E-state index is 12.6. The van der Waals surface area contributed by atoms with Crippen LogP contribution in [0.4, 0.5) is 0 Å². The Bertz CT molecular complexity index is 1160. The van der Waals surface area contributed by atoms with E-state index in [2.05, 4.69) is 9.97 Å². The van der Waals surface area contributed by atoms with Crippen molar-refractivity contribution in [1.29, 1.82) is 0 Å². The summed E-state index contributed by atoms with van der Waals surface area (Å²) in [5, 5.41) is 0. The third-order valence-electron chi connectivity index (χ3n) is 4.20. The third-order valence-corrected chi connectivity index (χ3v) is 4.20. The minimum atomic E-state index is -0.126. The second-order valence-corrected chi connectivity index (χ2v) is 6.07. The van der Waals surface area contributed by atoms with Crippen molar-refractivity contribution in [3.05, 3.63) is 94.3 Å². The lowest BCUT2D eigenvalue weighted by Gasteiger charge is -2.08. The van der Waals surface area contributed by atoms with Crippen molar-refractivity contribution in [3.8, 4) is 5.75 Å². The molecule has 6 heteroatoms. The van der Waals surface area contributed by atoms with Crippen LogP contribution in [0.3, 0.4) is 0 Å². The fourth-order valence-corrected chi connectivity index (χ4v) is 2.92. The Balaban J connectivity index is 1.65. The molecule has 0 unspecified atom stereocenters. The van der Waals surface area contributed by atoms with Crippen molar-refractivity contribution in [2.45, 2.75) is 6.54 Å². The van der Waals surface area contributed by atoms with Crippen molar-refractivity contribution in [3.63, 3.8) is 0 Å². The highest BCUT2D eigenvalue weighted by molar-refractivity contribution is 5.68. The first-order valence-electron chi connectivity index (χ1n) is 8.53. The molecule has 0 atom stereocenters. The average molecular weight is 358 g/mol. The number of aromatic nitrogens is 4. The first-order chi connectivity index (χ1) is 13.2. The van der Waals surface area contributed by atoms with Crippen molar-refractivity contribution in [2.75, 3.05) is 7.11 Å². The molecule has 0 fully saturated rings. The summed E-state index contributed by atoms with van der Waals surface area (Å²) < 4.78 is 8.67. The minimum Gasteiger partial charge on any atom is -0.497 e. The summed E-state index contributed by atoms with van der Waals surface area (Å²) in [6, 6.07) is 15.0. The van der Waals surface area contributed by atoms with E-state index in [1.54, 1.807) is 24.0 Å². The van der Waals surface area contributed by atoms with Gasteiger partial charge in [-0.2, -0.15) is 4.52 Å². The van der Waals surface area contributed by atoms with E-state index in [1.165, 1.54) is 6.07 Å². The van der Waals surface area contributed by atoms with E-state index in [-0.39, 0.29) is 5.56 Å². The molecule has 0 bridgehead atoms.